The summed E-state index contributed by atoms with van der Waals surface area (Å²) in [6, 6.07) is 4.15. The van der Waals surface area contributed by atoms with Crippen molar-refractivity contribution in [3.05, 3.63) is 32.4 Å². The fourth-order valence-corrected chi connectivity index (χ4v) is 2.96. The second-order valence-corrected chi connectivity index (χ2v) is 6.67. The summed E-state index contributed by atoms with van der Waals surface area (Å²) in [4.78, 5) is 5.48. The summed E-state index contributed by atoms with van der Waals surface area (Å²) in [5.41, 5.74) is 0. The van der Waals surface area contributed by atoms with Crippen LogP contribution in [0.5, 0.6) is 0 Å². The van der Waals surface area contributed by atoms with Crippen LogP contribution < -0.4 is 10.6 Å². The minimum absolute atomic E-state index is 0. The summed E-state index contributed by atoms with van der Waals surface area (Å²) < 4.78 is 0. The third kappa shape index (κ3) is 5.87. The SMILES string of the molecule is CN=C(NCc1cccs1)NCc1nnc(C(C)C)s1.I. The van der Waals surface area contributed by atoms with Crippen molar-refractivity contribution >= 4 is 52.6 Å². The normalized spacial score (nSPS) is 11.3. The molecule has 2 aromatic rings. The van der Waals surface area contributed by atoms with Crippen LogP contribution in [-0.2, 0) is 13.1 Å². The predicted molar refractivity (Wildman–Crippen MR) is 101 cm³/mol. The van der Waals surface area contributed by atoms with Gasteiger partial charge in [0.25, 0.3) is 0 Å². The molecular formula is C13H20IN5S2. The maximum atomic E-state index is 4.20. The Hall–Kier alpha value is -0.740. The third-order valence-electron chi connectivity index (χ3n) is 2.62. The molecular weight excluding hydrogens is 417 g/mol. The molecule has 0 spiro atoms. The van der Waals surface area contributed by atoms with Crippen molar-refractivity contribution in [1.82, 2.24) is 20.8 Å². The van der Waals surface area contributed by atoms with Gasteiger partial charge in [0.15, 0.2) is 5.96 Å². The van der Waals surface area contributed by atoms with Gasteiger partial charge in [0.1, 0.15) is 10.0 Å². The molecule has 0 radical (unpaired) electrons. The molecule has 0 amide bonds. The Morgan fingerprint density at radius 2 is 2.05 bits per heavy atom. The number of thiophene rings is 1. The molecule has 0 aliphatic carbocycles. The molecule has 0 saturated heterocycles. The Labute approximate surface area is 150 Å². The summed E-state index contributed by atoms with van der Waals surface area (Å²) in [5, 5.41) is 19.0. The molecule has 2 aromatic heterocycles. The van der Waals surface area contributed by atoms with E-state index in [1.807, 2.05) is 6.07 Å². The summed E-state index contributed by atoms with van der Waals surface area (Å²) in [6.45, 7) is 5.68. The number of aromatic nitrogens is 2. The molecule has 0 aromatic carbocycles. The second-order valence-electron chi connectivity index (χ2n) is 4.55. The van der Waals surface area contributed by atoms with Gasteiger partial charge in [0, 0.05) is 17.8 Å². The fraction of sp³-hybridized carbons (Fsp3) is 0.462. The Bertz CT molecular complexity index is 551. The van der Waals surface area contributed by atoms with E-state index in [9.17, 15) is 0 Å². The number of hydrogen-bond donors (Lipinski definition) is 2. The summed E-state index contributed by atoms with van der Waals surface area (Å²) in [5.74, 6) is 1.21. The number of nitrogens with one attached hydrogen (secondary N) is 2. The van der Waals surface area contributed by atoms with E-state index < -0.39 is 0 Å². The van der Waals surface area contributed by atoms with Crippen molar-refractivity contribution in [2.24, 2.45) is 4.99 Å². The molecule has 2 heterocycles. The summed E-state index contributed by atoms with van der Waals surface area (Å²) in [7, 11) is 1.77. The maximum Gasteiger partial charge on any atom is 0.191 e. The van der Waals surface area contributed by atoms with Crippen LogP contribution in [0.1, 0.15) is 34.7 Å². The molecule has 2 rings (SSSR count). The minimum atomic E-state index is 0. The van der Waals surface area contributed by atoms with Crippen LogP contribution in [0.2, 0.25) is 0 Å². The fourth-order valence-electron chi connectivity index (χ4n) is 1.54. The molecule has 0 atom stereocenters. The van der Waals surface area contributed by atoms with Gasteiger partial charge >= 0.3 is 0 Å². The Morgan fingerprint density at radius 1 is 1.29 bits per heavy atom. The molecule has 116 valence electrons. The van der Waals surface area contributed by atoms with Crippen molar-refractivity contribution in [3.8, 4) is 0 Å². The predicted octanol–water partition coefficient (Wildman–Crippen LogP) is 3.21. The number of hydrogen-bond acceptors (Lipinski definition) is 5. The lowest BCUT2D eigenvalue weighted by molar-refractivity contribution is 0.786. The lowest BCUT2D eigenvalue weighted by atomic mass is 10.2. The number of guanidine groups is 1. The van der Waals surface area contributed by atoms with Crippen LogP contribution >= 0.6 is 46.7 Å². The zero-order valence-electron chi connectivity index (χ0n) is 12.3. The van der Waals surface area contributed by atoms with E-state index in [-0.39, 0.29) is 24.0 Å². The maximum absolute atomic E-state index is 4.20. The molecule has 5 nitrogen and oxygen atoms in total. The first kappa shape index (κ1) is 18.3. The van der Waals surface area contributed by atoms with Gasteiger partial charge in [0.05, 0.1) is 13.1 Å². The van der Waals surface area contributed by atoms with Gasteiger partial charge in [-0.1, -0.05) is 31.3 Å². The molecule has 0 bridgehead atoms. The van der Waals surface area contributed by atoms with Gasteiger partial charge in [0.2, 0.25) is 0 Å². The Kier molecular flexibility index (Phi) is 8.12. The quantitative estimate of drug-likeness (QED) is 0.429. The van der Waals surface area contributed by atoms with E-state index in [1.54, 1.807) is 29.7 Å². The monoisotopic (exact) mass is 437 g/mol. The van der Waals surface area contributed by atoms with E-state index in [4.69, 9.17) is 0 Å². The van der Waals surface area contributed by atoms with Crippen molar-refractivity contribution in [2.75, 3.05) is 7.05 Å². The first-order valence-electron chi connectivity index (χ1n) is 6.48. The molecule has 21 heavy (non-hydrogen) atoms. The lowest BCUT2D eigenvalue weighted by Gasteiger charge is -2.09. The minimum Gasteiger partial charge on any atom is -0.352 e. The molecule has 0 aliphatic heterocycles. The van der Waals surface area contributed by atoms with Crippen molar-refractivity contribution in [3.63, 3.8) is 0 Å². The smallest absolute Gasteiger partial charge is 0.191 e. The molecule has 0 unspecified atom stereocenters. The highest BCUT2D eigenvalue weighted by atomic mass is 127. The highest BCUT2D eigenvalue weighted by Gasteiger charge is 2.08. The molecule has 2 N–H and O–H groups in total. The van der Waals surface area contributed by atoms with E-state index in [0.29, 0.717) is 12.5 Å². The highest BCUT2D eigenvalue weighted by molar-refractivity contribution is 14.0. The van der Waals surface area contributed by atoms with E-state index in [2.05, 4.69) is 51.1 Å². The van der Waals surface area contributed by atoms with E-state index in [0.717, 1.165) is 22.5 Å². The molecule has 0 fully saturated rings. The molecule has 8 heteroatoms. The lowest BCUT2D eigenvalue weighted by Crippen LogP contribution is -2.36. The topological polar surface area (TPSA) is 62.2 Å². The molecule has 0 saturated carbocycles. The van der Waals surface area contributed by atoms with Crippen LogP contribution in [0, 0.1) is 0 Å². The van der Waals surface area contributed by atoms with Crippen molar-refractivity contribution in [2.45, 2.75) is 32.9 Å². The van der Waals surface area contributed by atoms with Gasteiger partial charge in [-0.2, -0.15) is 0 Å². The van der Waals surface area contributed by atoms with Crippen LogP contribution in [0.4, 0.5) is 0 Å². The first-order chi connectivity index (χ1) is 9.69. The number of rotatable bonds is 5. The summed E-state index contributed by atoms with van der Waals surface area (Å²) >= 11 is 3.37. The summed E-state index contributed by atoms with van der Waals surface area (Å²) in [6.07, 6.45) is 0. The van der Waals surface area contributed by atoms with Gasteiger partial charge in [-0.25, -0.2) is 0 Å². The highest BCUT2D eigenvalue weighted by Crippen LogP contribution is 2.18. The Morgan fingerprint density at radius 3 is 2.62 bits per heavy atom. The van der Waals surface area contributed by atoms with Crippen LogP contribution in [-0.4, -0.2) is 23.2 Å². The van der Waals surface area contributed by atoms with Gasteiger partial charge in [-0.3, -0.25) is 4.99 Å². The zero-order valence-corrected chi connectivity index (χ0v) is 16.3. The second kappa shape index (κ2) is 9.31. The van der Waals surface area contributed by atoms with Crippen molar-refractivity contribution in [1.29, 1.82) is 0 Å². The van der Waals surface area contributed by atoms with E-state index >= 15 is 0 Å². The van der Waals surface area contributed by atoms with Crippen molar-refractivity contribution < 1.29 is 0 Å². The number of halogens is 1. The number of aliphatic imine (C=N–C) groups is 1. The van der Waals surface area contributed by atoms with Gasteiger partial charge < -0.3 is 10.6 Å². The number of nitrogens with zero attached hydrogens (tertiary/aromatic N) is 3. The van der Waals surface area contributed by atoms with Crippen LogP contribution in [0.25, 0.3) is 0 Å². The molecule has 0 aliphatic rings. The average molecular weight is 437 g/mol. The van der Waals surface area contributed by atoms with Crippen LogP contribution in [0.3, 0.4) is 0 Å². The van der Waals surface area contributed by atoms with E-state index in [1.165, 1.54) is 4.88 Å². The first-order valence-corrected chi connectivity index (χ1v) is 8.18. The van der Waals surface area contributed by atoms with Gasteiger partial charge in [-0.15, -0.1) is 45.5 Å². The largest absolute Gasteiger partial charge is 0.352 e. The average Bonchev–Trinajstić information content (AvgIpc) is 3.10. The van der Waals surface area contributed by atoms with Gasteiger partial charge in [-0.05, 0) is 11.4 Å². The zero-order chi connectivity index (χ0) is 14.4. The Balaban J connectivity index is 0.00000220. The standard InChI is InChI=1S/C13H19N5S2.HI/c1-9(2)12-18-17-11(20-12)8-16-13(14-3)15-7-10-5-4-6-19-10;/h4-6,9H,7-8H2,1-3H3,(H2,14,15,16);1H. The third-order valence-corrected chi connectivity index (χ3v) is 4.72. The van der Waals surface area contributed by atoms with Crippen LogP contribution in [0.15, 0.2) is 22.5 Å².